The Morgan fingerprint density at radius 3 is 1.62 bits per heavy atom. The Hall–Kier alpha value is 1.25. The van der Waals surface area contributed by atoms with E-state index < -0.39 is 21.3 Å². The molecule has 0 aliphatic rings. The first-order valence-electron chi connectivity index (χ1n) is 8.30. The van der Waals surface area contributed by atoms with Crippen molar-refractivity contribution in [1.29, 1.82) is 0 Å². The SMILES string of the molecule is CCCCCCCCCCCCC(C=O)(CC=O)S(=O)(=O)O.[H-].[H-].[Na+].[Na+]. The molecule has 0 rings (SSSR count). The van der Waals surface area contributed by atoms with Gasteiger partial charge in [-0.1, -0.05) is 71.1 Å². The van der Waals surface area contributed by atoms with Crippen molar-refractivity contribution in [3.63, 3.8) is 0 Å². The molecule has 0 aromatic heterocycles. The molecule has 5 nitrogen and oxygen atoms in total. The minimum atomic E-state index is -4.55. The minimum Gasteiger partial charge on any atom is -1.00 e. The topological polar surface area (TPSA) is 88.5 Å². The van der Waals surface area contributed by atoms with E-state index in [2.05, 4.69) is 6.92 Å². The summed E-state index contributed by atoms with van der Waals surface area (Å²) in [5.41, 5.74) is 0. The number of hydrogen-bond donors (Lipinski definition) is 1. The minimum absolute atomic E-state index is 0. The maximum absolute atomic E-state index is 11.3. The molecular formula is C16H32Na2O5S. The van der Waals surface area contributed by atoms with Crippen LogP contribution in [-0.2, 0) is 19.7 Å². The van der Waals surface area contributed by atoms with Crippen molar-refractivity contribution in [2.45, 2.75) is 88.7 Å². The van der Waals surface area contributed by atoms with E-state index >= 15 is 0 Å². The van der Waals surface area contributed by atoms with E-state index in [0.717, 1.165) is 19.3 Å². The van der Waals surface area contributed by atoms with Crippen LogP contribution in [0, 0.1) is 0 Å². The Morgan fingerprint density at radius 1 is 0.875 bits per heavy atom. The molecule has 1 atom stereocenters. The standard InChI is InChI=1S/C16H30O5S.2Na.2H/c1-2-3-4-5-6-7-8-9-10-11-12-16(15-18,13-14-17)22(19,20)21;;;;/h14-15H,2-13H2,1H3,(H,19,20,21);;;;/q;2*+1;2*-1. The average Bonchev–Trinajstić information content (AvgIpc) is 2.46. The van der Waals surface area contributed by atoms with Crippen molar-refractivity contribution >= 4 is 22.7 Å². The third kappa shape index (κ3) is 12.6. The van der Waals surface area contributed by atoms with Gasteiger partial charge in [-0.15, -0.1) is 0 Å². The van der Waals surface area contributed by atoms with Crippen LogP contribution < -0.4 is 59.1 Å². The van der Waals surface area contributed by atoms with Crippen molar-refractivity contribution in [3.8, 4) is 0 Å². The normalized spacial score (nSPS) is 13.2. The molecule has 8 heteroatoms. The predicted octanol–water partition coefficient (Wildman–Crippen LogP) is -2.06. The van der Waals surface area contributed by atoms with Crippen molar-refractivity contribution in [2.24, 2.45) is 0 Å². The van der Waals surface area contributed by atoms with E-state index in [1.807, 2.05) is 0 Å². The van der Waals surface area contributed by atoms with Gasteiger partial charge in [-0.2, -0.15) is 8.42 Å². The van der Waals surface area contributed by atoms with Gasteiger partial charge in [-0.05, 0) is 6.42 Å². The fourth-order valence-corrected chi connectivity index (χ4v) is 3.36. The third-order valence-electron chi connectivity index (χ3n) is 4.11. The van der Waals surface area contributed by atoms with E-state index in [0.29, 0.717) is 12.7 Å². The first-order valence-corrected chi connectivity index (χ1v) is 9.74. The summed E-state index contributed by atoms with van der Waals surface area (Å²) in [6, 6.07) is 0. The van der Waals surface area contributed by atoms with Gasteiger partial charge in [0.05, 0.1) is 0 Å². The second-order valence-corrected chi connectivity index (χ2v) is 7.72. The summed E-state index contributed by atoms with van der Waals surface area (Å²) in [6.07, 6.45) is 11.0. The molecule has 0 aliphatic heterocycles. The molecule has 134 valence electrons. The number of aldehydes is 2. The molecule has 0 radical (unpaired) electrons. The molecule has 1 unspecified atom stereocenters. The van der Waals surface area contributed by atoms with Gasteiger partial charge in [0.15, 0.2) is 4.75 Å². The Kier molecular flexibility index (Phi) is 22.1. The van der Waals surface area contributed by atoms with Crippen LogP contribution in [0.15, 0.2) is 0 Å². The average molecular weight is 382 g/mol. The molecule has 0 aliphatic carbocycles. The van der Waals surface area contributed by atoms with Crippen LogP contribution in [0.3, 0.4) is 0 Å². The Labute approximate surface area is 194 Å². The Bertz CT molecular complexity index is 425. The second kappa shape index (κ2) is 17.7. The number of rotatable bonds is 15. The van der Waals surface area contributed by atoms with Gasteiger partial charge in [-0.3, -0.25) is 4.55 Å². The number of hydrogen-bond acceptors (Lipinski definition) is 4. The molecule has 0 spiro atoms. The second-order valence-electron chi connectivity index (χ2n) is 5.96. The summed E-state index contributed by atoms with van der Waals surface area (Å²) < 4.78 is 29.9. The van der Waals surface area contributed by atoms with E-state index in [-0.39, 0.29) is 74.7 Å². The zero-order valence-electron chi connectivity index (χ0n) is 17.6. The van der Waals surface area contributed by atoms with Crippen molar-refractivity contribution < 1.29 is 84.5 Å². The van der Waals surface area contributed by atoms with Crippen molar-refractivity contribution in [3.05, 3.63) is 0 Å². The van der Waals surface area contributed by atoms with Gasteiger partial charge in [0.1, 0.15) is 12.6 Å². The van der Waals surface area contributed by atoms with Gasteiger partial charge in [0, 0.05) is 6.42 Å². The monoisotopic (exact) mass is 382 g/mol. The fourth-order valence-electron chi connectivity index (χ4n) is 2.56. The van der Waals surface area contributed by atoms with E-state index in [1.54, 1.807) is 0 Å². The van der Waals surface area contributed by atoms with Crippen LogP contribution in [0.2, 0.25) is 0 Å². The van der Waals surface area contributed by atoms with Gasteiger partial charge < -0.3 is 12.4 Å². The van der Waals surface area contributed by atoms with Crippen LogP contribution in [0.4, 0.5) is 0 Å². The maximum atomic E-state index is 11.3. The number of unbranched alkanes of at least 4 members (excludes halogenated alkanes) is 9. The van der Waals surface area contributed by atoms with Gasteiger partial charge >= 0.3 is 59.1 Å². The van der Waals surface area contributed by atoms with Crippen molar-refractivity contribution in [2.75, 3.05) is 0 Å². The molecule has 0 heterocycles. The smallest absolute Gasteiger partial charge is 1.00 e. The van der Waals surface area contributed by atoms with Crippen LogP contribution in [0.5, 0.6) is 0 Å². The molecule has 1 N–H and O–H groups in total. The molecule has 0 amide bonds. The first kappa shape index (κ1) is 30.0. The molecule has 24 heavy (non-hydrogen) atoms. The molecular weight excluding hydrogens is 350 g/mol. The van der Waals surface area contributed by atoms with Gasteiger partial charge in [0.2, 0.25) is 0 Å². The zero-order valence-corrected chi connectivity index (χ0v) is 20.4. The molecule has 0 saturated carbocycles. The van der Waals surface area contributed by atoms with Crippen LogP contribution in [0.25, 0.3) is 0 Å². The summed E-state index contributed by atoms with van der Waals surface area (Å²) >= 11 is 0. The molecule has 0 fully saturated rings. The van der Waals surface area contributed by atoms with E-state index in [1.165, 1.54) is 38.5 Å². The first-order chi connectivity index (χ1) is 10.4. The van der Waals surface area contributed by atoms with Gasteiger partial charge in [-0.25, -0.2) is 0 Å². The van der Waals surface area contributed by atoms with Crippen LogP contribution >= 0.6 is 0 Å². The summed E-state index contributed by atoms with van der Waals surface area (Å²) in [6.45, 7) is 2.19. The van der Waals surface area contributed by atoms with E-state index in [4.69, 9.17) is 0 Å². The Morgan fingerprint density at radius 2 is 1.29 bits per heavy atom. The summed E-state index contributed by atoms with van der Waals surface area (Å²) in [5, 5.41) is 0. The summed E-state index contributed by atoms with van der Waals surface area (Å²) in [7, 11) is -4.55. The summed E-state index contributed by atoms with van der Waals surface area (Å²) in [4.78, 5) is 21.6. The molecule has 0 aromatic carbocycles. The zero-order chi connectivity index (χ0) is 16.9. The van der Waals surface area contributed by atoms with E-state index in [9.17, 15) is 22.6 Å². The third-order valence-corrected chi connectivity index (χ3v) is 5.61. The van der Waals surface area contributed by atoms with Crippen LogP contribution in [-0.4, -0.2) is 30.3 Å². The number of carbonyl (C=O) groups excluding carboxylic acids is 2. The predicted molar refractivity (Wildman–Crippen MR) is 89.7 cm³/mol. The number of carbonyl (C=O) groups is 2. The van der Waals surface area contributed by atoms with Gasteiger partial charge in [0.25, 0.3) is 10.1 Å². The molecule has 0 aromatic rings. The summed E-state index contributed by atoms with van der Waals surface area (Å²) in [5.74, 6) is 0. The molecule has 0 bridgehead atoms. The Balaban J connectivity index is -0.000000367. The maximum Gasteiger partial charge on any atom is 1.00 e. The van der Waals surface area contributed by atoms with Crippen molar-refractivity contribution in [1.82, 2.24) is 0 Å². The molecule has 0 saturated heterocycles. The van der Waals surface area contributed by atoms with Crippen LogP contribution in [0.1, 0.15) is 86.8 Å². The fraction of sp³-hybridized carbons (Fsp3) is 0.875. The largest absolute Gasteiger partial charge is 1.00 e. The quantitative estimate of drug-likeness (QED) is 0.152.